The van der Waals surface area contributed by atoms with Gasteiger partial charge in [-0.15, -0.1) is 0 Å². The van der Waals surface area contributed by atoms with Crippen LogP contribution in [-0.2, 0) is 0 Å². The standard InChI is InChI=1S/C13H23N3O/c1-5-17-13-10-11(6-7-12(13)14)16(4)9-8-15(2)3/h6-7,10H,5,8-9,14H2,1-4H3. The number of anilines is 2. The molecule has 0 saturated carbocycles. The molecule has 2 N–H and O–H groups in total. The predicted molar refractivity (Wildman–Crippen MR) is 73.8 cm³/mol. The average Bonchev–Trinajstić information content (AvgIpc) is 2.29. The van der Waals surface area contributed by atoms with Gasteiger partial charge in [0, 0.05) is 31.9 Å². The summed E-state index contributed by atoms with van der Waals surface area (Å²) in [6, 6.07) is 5.91. The van der Waals surface area contributed by atoms with Crippen LogP contribution in [0.1, 0.15) is 6.92 Å². The van der Waals surface area contributed by atoms with Gasteiger partial charge in [0.2, 0.25) is 0 Å². The number of nitrogens with zero attached hydrogens (tertiary/aromatic N) is 2. The topological polar surface area (TPSA) is 41.7 Å². The van der Waals surface area contributed by atoms with Crippen LogP contribution in [0.4, 0.5) is 11.4 Å². The maximum absolute atomic E-state index is 5.85. The van der Waals surface area contributed by atoms with Gasteiger partial charge in [0.25, 0.3) is 0 Å². The highest BCUT2D eigenvalue weighted by atomic mass is 16.5. The minimum Gasteiger partial charge on any atom is -0.492 e. The number of rotatable bonds is 6. The van der Waals surface area contributed by atoms with Crippen molar-refractivity contribution in [2.75, 3.05) is 51.5 Å². The second kappa shape index (κ2) is 6.35. The van der Waals surface area contributed by atoms with Gasteiger partial charge in [-0.25, -0.2) is 0 Å². The van der Waals surface area contributed by atoms with Gasteiger partial charge in [-0.1, -0.05) is 0 Å². The second-order valence-electron chi connectivity index (χ2n) is 4.38. The lowest BCUT2D eigenvalue weighted by atomic mass is 10.2. The molecule has 0 fully saturated rings. The van der Waals surface area contributed by atoms with E-state index in [4.69, 9.17) is 10.5 Å². The van der Waals surface area contributed by atoms with Gasteiger partial charge in [0.05, 0.1) is 12.3 Å². The quantitative estimate of drug-likeness (QED) is 0.764. The molecule has 0 heterocycles. The molecule has 0 bridgehead atoms. The summed E-state index contributed by atoms with van der Waals surface area (Å²) in [6.07, 6.45) is 0. The van der Waals surface area contributed by atoms with Gasteiger partial charge >= 0.3 is 0 Å². The van der Waals surface area contributed by atoms with Crippen LogP contribution in [0.3, 0.4) is 0 Å². The third kappa shape index (κ3) is 4.15. The third-order valence-corrected chi connectivity index (χ3v) is 2.62. The van der Waals surface area contributed by atoms with Crippen molar-refractivity contribution >= 4 is 11.4 Å². The van der Waals surface area contributed by atoms with Gasteiger partial charge in [0.15, 0.2) is 0 Å². The van der Waals surface area contributed by atoms with Crippen LogP contribution < -0.4 is 15.4 Å². The Morgan fingerprint density at radius 1 is 1.18 bits per heavy atom. The van der Waals surface area contributed by atoms with E-state index < -0.39 is 0 Å². The van der Waals surface area contributed by atoms with Gasteiger partial charge < -0.3 is 20.3 Å². The van der Waals surface area contributed by atoms with Gasteiger partial charge in [0.1, 0.15) is 5.75 Å². The lowest BCUT2D eigenvalue weighted by molar-refractivity contribution is 0.342. The summed E-state index contributed by atoms with van der Waals surface area (Å²) in [4.78, 5) is 4.36. The molecule has 17 heavy (non-hydrogen) atoms. The monoisotopic (exact) mass is 237 g/mol. The first-order chi connectivity index (χ1) is 8.04. The molecule has 0 radical (unpaired) electrons. The number of nitrogens with two attached hydrogens (primary N) is 1. The summed E-state index contributed by atoms with van der Waals surface area (Å²) in [5.41, 5.74) is 7.67. The molecule has 0 amide bonds. The van der Waals surface area contributed by atoms with E-state index in [2.05, 4.69) is 30.9 Å². The molecule has 0 aliphatic rings. The van der Waals surface area contributed by atoms with Gasteiger partial charge in [-0.3, -0.25) is 0 Å². The molecule has 4 heteroatoms. The molecule has 1 aromatic rings. The van der Waals surface area contributed by atoms with E-state index in [9.17, 15) is 0 Å². The Kier molecular flexibility index (Phi) is 5.10. The summed E-state index contributed by atoms with van der Waals surface area (Å²) in [6.45, 7) is 4.59. The molecular formula is C13H23N3O. The van der Waals surface area contributed by atoms with Crippen molar-refractivity contribution in [2.24, 2.45) is 0 Å². The Balaban J connectivity index is 2.73. The highest BCUT2D eigenvalue weighted by molar-refractivity contribution is 5.62. The molecule has 0 aliphatic carbocycles. The Morgan fingerprint density at radius 2 is 1.88 bits per heavy atom. The number of ether oxygens (including phenoxy) is 1. The third-order valence-electron chi connectivity index (χ3n) is 2.62. The second-order valence-corrected chi connectivity index (χ2v) is 4.38. The molecule has 0 unspecified atom stereocenters. The highest BCUT2D eigenvalue weighted by Gasteiger charge is 2.06. The minimum atomic E-state index is 0.634. The zero-order valence-electron chi connectivity index (χ0n) is 11.2. The summed E-state index contributed by atoms with van der Waals surface area (Å²) >= 11 is 0. The summed E-state index contributed by atoms with van der Waals surface area (Å²) in [5.74, 6) is 0.765. The Morgan fingerprint density at radius 3 is 2.47 bits per heavy atom. The zero-order chi connectivity index (χ0) is 12.8. The number of hydrogen-bond acceptors (Lipinski definition) is 4. The number of benzene rings is 1. The van der Waals surface area contributed by atoms with E-state index in [-0.39, 0.29) is 0 Å². The normalized spacial score (nSPS) is 10.6. The minimum absolute atomic E-state index is 0.634. The molecule has 0 spiro atoms. The van der Waals surface area contributed by atoms with Crippen LogP contribution in [0.2, 0.25) is 0 Å². The van der Waals surface area contributed by atoms with Crippen LogP contribution in [0.15, 0.2) is 18.2 Å². The Bertz CT molecular complexity index is 353. The fourth-order valence-corrected chi connectivity index (χ4v) is 1.52. The van der Waals surface area contributed by atoms with Crippen LogP contribution in [-0.4, -0.2) is 45.7 Å². The van der Waals surface area contributed by atoms with Crippen molar-refractivity contribution in [3.8, 4) is 5.75 Å². The van der Waals surface area contributed by atoms with Crippen molar-refractivity contribution in [2.45, 2.75) is 6.92 Å². The van der Waals surface area contributed by atoms with E-state index >= 15 is 0 Å². The molecule has 4 nitrogen and oxygen atoms in total. The van der Waals surface area contributed by atoms with Crippen molar-refractivity contribution in [3.63, 3.8) is 0 Å². The van der Waals surface area contributed by atoms with E-state index in [1.807, 2.05) is 25.1 Å². The first-order valence-electron chi connectivity index (χ1n) is 5.92. The van der Waals surface area contributed by atoms with Crippen molar-refractivity contribution in [1.29, 1.82) is 0 Å². The molecule has 0 saturated heterocycles. The van der Waals surface area contributed by atoms with E-state index in [0.717, 1.165) is 24.5 Å². The lowest BCUT2D eigenvalue weighted by Crippen LogP contribution is -2.28. The first-order valence-corrected chi connectivity index (χ1v) is 5.92. The predicted octanol–water partition coefficient (Wildman–Crippen LogP) is 1.67. The van der Waals surface area contributed by atoms with Crippen molar-refractivity contribution in [3.05, 3.63) is 18.2 Å². The Labute approximate surface area is 104 Å². The largest absolute Gasteiger partial charge is 0.492 e. The first kappa shape index (κ1) is 13.6. The van der Waals surface area contributed by atoms with Crippen molar-refractivity contribution < 1.29 is 4.74 Å². The summed E-state index contributed by atoms with van der Waals surface area (Å²) in [7, 11) is 6.22. The van der Waals surface area contributed by atoms with E-state index in [1.54, 1.807) is 0 Å². The lowest BCUT2D eigenvalue weighted by Gasteiger charge is -2.22. The van der Waals surface area contributed by atoms with Crippen LogP contribution in [0, 0.1) is 0 Å². The highest BCUT2D eigenvalue weighted by Crippen LogP contribution is 2.27. The fraction of sp³-hybridized carbons (Fsp3) is 0.538. The fourth-order valence-electron chi connectivity index (χ4n) is 1.52. The molecular weight excluding hydrogens is 214 g/mol. The van der Waals surface area contributed by atoms with Crippen LogP contribution in [0.5, 0.6) is 5.75 Å². The Hall–Kier alpha value is -1.42. The number of likely N-dealkylation sites (N-methyl/N-ethyl adjacent to an activating group) is 2. The van der Waals surface area contributed by atoms with E-state index in [0.29, 0.717) is 12.3 Å². The molecule has 0 atom stereocenters. The zero-order valence-corrected chi connectivity index (χ0v) is 11.2. The van der Waals surface area contributed by atoms with Crippen LogP contribution >= 0.6 is 0 Å². The molecule has 0 aliphatic heterocycles. The maximum atomic E-state index is 5.85. The molecule has 1 rings (SSSR count). The smallest absolute Gasteiger partial charge is 0.144 e. The van der Waals surface area contributed by atoms with Gasteiger partial charge in [-0.05, 0) is 33.2 Å². The molecule has 0 aromatic heterocycles. The number of nitrogen functional groups attached to an aromatic ring is 1. The summed E-state index contributed by atoms with van der Waals surface area (Å²) in [5, 5.41) is 0. The van der Waals surface area contributed by atoms with Gasteiger partial charge in [-0.2, -0.15) is 0 Å². The average molecular weight is 237 g/mol. The molecule has 1 aromatic carbocycles. The van der Waals surface area contributed by atoms with Crippen LogP contribution in [0.25, 0.3) is 0 Å². The van der Waals surface area contributed by atoms with Crippen molar-refractivity contribution in [1.82, 2.24) is 4.90 Å². The SMILES string of the molecule is CCOc1cc(N(C)CCN(C)C)ccc1N. The maximum Gasteiger partial charge on any atom is 0.144 e. The number of hydrogen-bond donors (Lipinski definition) is 1. The summed E-state index contributed by atoms with van der Waals surface area (Å²) < 4.78 is 5.49. The molecule has 96 valence electrons. The van der Waals surface area contributed by atoms with E-state index in [1.165, 1.54) is 0 Å².